The van der Waals surface area contributed by atoms with Gasteiger partial charge in [-0.2, -0.15) is 0 Å². The summed E-state index contributed by atoms with van der Waals surface area (Å²) in [7, 11) is 3.06. The Morgan fingerprint density at radius 1 is 0.727 bits per heavy atom. The maximum absolute atomic E-state index is 13.1. The van der Waals surface area contributed by atoms with Crippen molar-refractivity contribution in [1.29, 1.82) is 0 Å². The molecule has 6 rings (SSSR count). The van der Waals surface area contributed by atoms with Crippen molar-refractivity contribution >= 4 is 21.9 Å². The molecule has 0 saturated heterocycles. The van der Waals surface area contributed by atoms with Crippen LogP contribution < -0.4 is 30.2 Å². The van der Waals surface area contributed by atoms with E-state index in [1.807, 2.05) is 13.8 Å². The highest BCUT2D eigenvalue weighted by molar-refractivity contribution is 5.88. The van der Waals surface area contributed by atoms with Gasteiger partial charge >= 0.3 is 11.3 Å². The minimum Gasteiger partial charge on any atom is -0.497 e. The van der Waals surface area contributed by atoms with Crippen molar-refractivity contribution in [2.24, 2.45) is 0 Å². The van der Waals surface area contributed by atoms with Gasteiger partial charge in [-0.15, -0.1) is 0 Å². The Bertz CT molecular complexity index is 1480. The Kier molecular flexibility index (Phi) is 3.77. The molecule has 0 amide bonds. The zero-order valence-electron chi connectivity index (χ0n) is 18.4. The molecule has 4 heterocycles. The lowest BCUT2D eigenvalue weighted by molar-refractivity contribution is -0.0755. The summed E-state index contributed by atoms with van der Waals surface area (Å²) in [4.78, 5) is 26.3. The highest BCUT2D eigenvalue weighted by Crippen LogP contribution is 2.56. The number of ether oxygens (including phenoxy) is 4. The molecule has 2 aromatic carbocycles. The number of benzene rings is 2. The predicted molar refractivity (Wildman–Crippen MR) is 119 cm³/mol. The molecule has 0 saturated carbocycles. The number of hydrogen-bond acceptors (Lipinski definition) is 8. The predicted octanol–water partition coefficient (Wildman–Crippen LogP) is 4.22. The molecule has 33 heavy (non-hydrogen) atoms. The van der Waals surface area contributed by atoms with Gasteiger partial charge < -0.3 is 27.8 Å². The lowest BCUT2D eigenvalue weighted by Gasteiger charge is -2.48. The van der Waals surface area contributed by atoms with Gasteiger partial charge in [-0.25, -0.2) is 9.59 Å². The maximum atomic E-state index is 13.1. The van der Waals surface area contributed by atoms with Crippen LogP contribution in [0.25, 0.3) is 21.9 Å². The summed E-state index contributed by atoms with van der Waals surface area (Å²) in [5, 5.41) is 1.18. The summed E-state index contributed by atoms with van der Waals surface area (Å²) in [5.41, 5.74) is -2.11. The fourth-order valence-electron chi connectivity index (χ4n) is 5.13. The molecule has 0 radical (unpaired) electrons. The normalized spacial score (nSPS) is 22.8. The molecule has 4 aromatic rings. The largest absolute Gasteiger partial charge is 0.497 e. The second-order valence-electron chi connectivity index (χ2n) is 8.75. The molecule has 8 nitrogen and oxygen atoms in total. The van der Waals surface area contributed by atoms with Crippen LogP contribution in [0.3, 0.4) is 0 Å². The van der Waals surface area contributed by atoms with Crippen LogP contribution >= 0.6 is 0 Å². The first-order chi connectivity index (χ1) is 15.8. The minimum absolute atomic E-state index is 0.235. The van der Waals surface area contributed by atoms with Crippen LogP contribution in [0, 0.1) is 0 Å². The van der Waals surface area contributed by atoms with Gasteiger partial charge in [0.05, 0.1) is 25.0 Å². The Balaban J connectivity index is 1.66. The van der Waals surface area contributed by atoms with Crippen LogP contribution in [0.4, 0.5) is 0 Å². The molecule has 2 aromatic heterocycles. The standard InChI is InChI=1S/C25H20O8/c1-24-11-25(2,19-21(32-24)15-8-6-13(29-4)10-17(15)31-23(19)27)33-20-14-7-5-12(28-3)9-16(14)30-22(26)18(20)24/h5-10H,11H2,1-4H3. The van der Waals surface area contributed by atoms with E-state index in [9.17, 15) is 9.59 Å². The Morgan fingerprint density at radius 2 is 1.15 bits per heavy atom. The molecule has 168 valence electrons. The second kappa shape index (κ2) is 6.31. The van der Waals surface area contributed by atoms with Gasteiger partial charge in [0.1, 0.15) is 56.5 Å². The summed E-state index contributed by atoms with van der Waals surface area (Å²) < 4.78 is 34.7. The van der Waals surface area contributed by atoms with E-state index in [2.05, 4.69) is 0 Å². The van der Waals surface area contributed by atoms with Crippen LogP contribution in [0.5, 0.6) is 23.0 Å². The number of methoxy groups -OCH3 is 2. The second-order valence-corrected chi connectivity index (χ2v) is 8.75. The summed E-state index contributed by atoms with van der Waals surface area (Å²) >= 11 is 0. The topological polar surface area (TPSA) is 97.3 Å². The van der Waals surface area contributed by atoms with Crippen molar-refractivity contribution in [3.63, 3.8) is 0 Å². The highest BCUT2D eigenvalue weighted by Gasteiger charge is 2.56. The number of rotatable bonds is 2. The molecule has 2 unspecified atom stereocenters. The quantitative estimate of drug-likeness (QED) is 0.421. The molecule has 0 N–H and O–H groups in total. The molecule has 0 fully saturated rings. The molecule has 2 aliphatic rings. The zero-order valence-corrected chi connectivity index (χ0v) is 18.4. The van der Waals surface area contributed by atoms with Gasteiger partial charge in [-0.05, 0) is 38.1 Å². The first-order valence-electron chi connectivity index (χ1n) is 10.4. The Morgan fingerprint density at radius 3 is 1.55 bits per heavy atom. The van der Waals surface area contributed by atoms with Crippen molar-refractivity contribution < 1.29 is 27.8 Å². The van der Waals surface area contributed by atoms with Crippen molar-refractivity contribution in [3.8, 4) is 23.0 Å². The summed E-state index contributed by atoms with van der Waals surface area (Å²) in [6.45, 7) is 3.62. The van der Waals surface area contributed by atoms with Gasteiger partial charge in [-0.3, -0.25) is 0 Å². The SMILES string of the molecule is COc1ccc2c3c(c(=O)oc2c1)C1(C)CC(C)(O3)c2c(c3ccc(OC)cc3oc2=O)O1. The maximum Gasteiger partial charge on any atom is 0.347 e. The van der Waals surface area contributed by atoms with E-state index >= 15 is 0 Å². The van der Waals surface area contributed by atoms with Crippen LogP contribution in [0.2, 0.25) is 0 Å². The van der Waals surface area contributed by atoms with Crippen LogP contribution in [-0.2, 0) is 11.2 Å². The third-order valence-electron chi connectivity index (χ3n) is 6.52. The first-order valence-corrected chi connectivity index (χ1v) is 10.4. The zero-order chi connectivity index (χ0) is 23.1. The fourth-order valence-corrected chi connectivity index (χ4v) is 5.13. The van der Waals surface area contributed by atoms with Gasteiger partial charge in [0.2, 0.25) is 0 Å². The van der Waals surface area contributed by atoms with Crippen molar-refractivity contribution in [2.45, 2.75) is 31.5 Å². The molecule has 2 aliphatic heterocycles. The minimum atomic E-state index is -1.09. The van der Waals surface area contributed by atoms with E-state index in [-0.39, 0.29) is 17.5 Å². The molecular formula is C25H20O8. The van der Waals surface area contributed by atoms with Gasteiger partial charge in [-0.1, -0.05) is 0 Å². The Labute approximate surface area is 187 Å². The summed E-state index contributed by atoms with van der Waals surface area (Å²) in [6.07, 6.45) is 0.235. The van der Waals surface area contributed by atoms with Crippen LogP contribution in [-0.4, -0.2) is 14.2 Å². The van der Waals surface area contributed by atoms with Crippen molar-refractivity contribution in [3.05, 3.63) is 68.4 Å². The average Bonchev–Trinajstić information content (AvgIpc) is 2.76. The smallest absolute Gasteiger partial charge is 0.347 e. The van der Waals surface area contributed by atoms with E-state index in [1.165, 1.54) is 14.2 Å². The molecule has 0 aliphatic carbocycles. The van der Waals surface area contributed by atoms with E-state index in [0.717, 1.165) is 0 Å². The average molecular weight is 448 g/mol. The molecule has 2 atom stereocenters. The van der Waals surface area contributed by atoms with Crippen molar-refractivity contribution in [2.75, 3.05) is 14.2 Å². The van der Waals surface area contributed by atoms with Gasteiger partial charge in [0.25, 0.3) is 0 Å². The molecule has 8 heteroatoms. The lowest BCUT2D eigenvalue weighted by atomic mass is 9.75. The highest BCUT2D eigenvalue weighted by atomic mass is 16.5. The molecule has 0 spiro atoms. The summed E-state index contributed by atoms with van der Waals surface area (Å²) in [6, 6.07) is 10.3. The Hall–Kier alpha value is -3.94. The van der Waals surface area contributed by atoms with Crippen LogP contribution in [0.15, 0.2) is 54.8 Å². The van der Waals surface area contributed by atoms with E-state index in [1.54, 1.807) is 36.4 Å². The number of fused-ring (bicyclic) bond motifs is 10. The molecule has 2 bridgehead atoms. The first kappa shape index (κ1) is 19.7. The molecular weight excluding hydrogens is 428 g/mol. The monoisotopic (exact) mass is 448 g/mol. The summed E-state index contributed by atoms with van der Waals surface area (Å²) in [5.74, 6) is 1.76. The lowest BCUT2D eigenvalue weighted by Crippen LogP contribution is -2.53. The fraction of sp³-hybridized carbons (Fsp3) is 0.280. The number of hydrogen-bond donors (Lipinski definition) is 0. The van der Waals surface area contributed by atoms with Crippen LogP contribution in [0.1, 0.15) is 31.4 Å². The van der Waals surface area contributed by atoms with Gasteiger partial charge in [0.15, 0.2) is 0 Å². The van der Waals surface area contributed by atoms with E-state index < -0.39 is 22.5 Å². The van der Waals surface area contributed by atoms with E-state index in [0.29, 0.717) is 44.9 Å². The van der Waals surface area contributed by atoms with E-state index in [4.69, 9.17) is 27.8 Å². The third-order valence-corrected chi connectivity index (χ3v) is 6.52. The van der Waals surface area contributed by atoms with Crippen molar-refractivity contribution in [1.82, 2.24) is 0 Å². The third kappa shape index (κ3) is 2.57. The van der Waals surface area contributed by atoms with Gasteiger partial charge in [0, 0.05) is 18.6 Å².